The second-order valence-electron chi connectivity index (χ2n) is 6.96. The van der Waals surface area contributed by atoms with Gasteiger partial charge in [0.1, 0.15) is 0 Å². The molecule has 0 spiro atoms. The van der Waals surface area contributed by atoms with Crippen molar-refractivity contribution in [1.82, 2.24) is 9.88 Å². The molecule has 1 aliphatic rings. The Morgan fingerprint density at radius 3 is 2.62 bits per heavy atom. The zero-order valence-electron chi connectivity index (χ0n) is 16.5. The van der Waals surface area contributed by atoms with Crippen molar-refractivity contribution in [1.29, 1.82) is 0 Å². The molecule has 2 heterocycles. The summed E-state index contributed by atoms with van der Waals surface area (Å²) < 4.78 is 1.24. The van der Waals surface area contributed by atoms with E-state index in [1.165, 1.54) is 14.5 Å². The number of carbonyl (C=O) groups is 1. The molecule has 4 nitrogen and oxygen atoms in total. The fourth-order valence-electron chi connectivity index (χ4n) is 3.39. The minimum absolute atomic E-state index is 0.284. The summed E-state index contributed by atoms with van der Waals surface area (Å²) in [6, 6.07) is 16.8. The van der Waals surface area contributed by atoms with Crippen LogP contribution in [0.5, 0.6) is 0 Å². The molecule has 0 aliphatic carbocycles. The van der Waals surface area contributed by atoms with Gasteiger partial charge >= 0.3 is 0 Å². The number of nitrogens with zero attached hydrogens (tertiary/aromatic N) is 3. The van der Waals surface area contributed by atoms with Gasteiger partial charge in [0.05, 0.1) is 10.2 Å². The predicted octanol–water partition coefficient (Wildman–Crippen LogP) is 5.24. The molecule has 1 amide bonds. The van der Waals surface area contributed by atoms with Gasteiger partial charge in [0.2, 0.25) is 5.91 Å². The highest BCUT2D eigenvalue weighted by Crippen LogP contribution is 2.32. The van der Waals surface area contributed by atoms with E-state index >= 15 is 0 Å². The van der Waals surface area contributed by atoms with Gasteiger partial charge in [-0.15, -0.1) is 23.5 Å². The van der Waals surface area contributed by atoms with Crippen LogP contribution >= 0.6 is 34.9 Å². The first-order valence-corrected chi connectivity index (χ1v) is 12.9. The Labute approximate surface area is 184 Å². The Balaban J connectivity index is 1.24. The maximum atomic E-state index is 12.5. The first-order chi connectivity index (χ1) is 14.2. The molecule has 0 unspecified atom stereocenters. The van der Waals surface area contributed by atoms with Crippen molar-refractivity contribution in [2.24, 2.45) is 0 Å². The Hall–Kier alpha value is -1.70. The highest BCUT2D eigenvalue weighted by molar-refractivity contribution is 7.99. The molecule has 0 bridgehead atoms. The molecule has 2 aromatic carbocycles. The van der Waals surface area contributed by atoms with Gasteiger partial charge in [-0.05, 0) is 48.8 Å². The lowest BCUT2D eigenvalue weighted by Crippen LogP contribution is -2.48. The zero-order chi connectivity index (χ0) is 20.1. The summed E-state index contributed by atoms with van der Waals surface area (Å²) in [5.41, 5.74) is 1.07. The smallest absolute Gasteiger partial charge is 0.222 e. The summed E-state index contributed by atoms with van der Waals surface area (Å²) >= 11 is 5.34. The van der Waals surface area contributed by atoms with Crippen molar-refractivity contribution in [3.63, 3.8) is 0 Å². The number of aromatic nitrogens is 1. The van der Waals surface area contributed by atoms with Gasteiger partial charge in [0.25, 0.3) is 0 Å². The number of carbonyl (C=O) groups excluding carboxylic acids is 1. The van der Waals surface area contributed by atoms with Gasteiger partial charge in [-0.1, -0.05) is 29.5 Å². The van der Waals surface area contributed by atoms with Crippen LogP contribution in [0.15, 0.2) is 58.3 Å². The van der Waals surface area contributed by atoms with Gasteiger partial charge < -0.3 is 9.80 Å². The van der Waals surface area contributed by atoms with E-state index in [0.29, 0.717) is 6.42 Å². The van der Waals surface area contributed by atoms with Gasteiger partial charge in [-0.3, -0.25) is 4.79 Å². The van der Waals surface area contributed by atoms with Crippen molar-refractivity contribution < 1.29 is 4.79 Å². The van der Waals surface area contributed by atoms with E-state index in [-0.39, 0.29) is 5.91 Å². The molecule has 1 aliphatic heterocycles. The summed E-state index contributed by atoms with van der Waals surface area (Å²) in [5, 5.41) is 1.07. The number of amides is 1. The lowest BCUT2D eigenvalue weighted by molar-refractivity contribution is -0.131. The first-order valence-electron chi connectivity index (χ1n) is 9.88. The standard InChI is InChI=1S/C22H25N3OS3/c1-27-18-9-10-19-20(16-18)29-22(23-19)25-13-11-24(12-14-25)21(26)8-5-15-28-17-6-3-2-4-7-17/h2-4,6-7,9-10,16H,5,8,11-15H2,1H3. The number of fused-ring (bicyclic) bond motifs is 1. The van der Waals surface area contributed by atoms with E-state index in [9.17, 15) is 4.79 Å². The molecular formula is C22H25N3OS3. The highest BCUT2D eigenvalue weighted by atomic mass is 32.2. The molecule has 7 heteroatoms. The third-order valence-electron chi connectivity index (χ3n) is 5.03. The normalized spacial score (nSPS) is 14.5. The Morgan fingerprint density at radius 1 is 1.07 bits per heavy atom. The van der Waals surface area contributed by atoms with Crippen LogP contribution < -0.4 is 4.90 Å². The summed E-state index contributed by atoms with van der Waals surface area (Å²) in [5.74, 6) is 1.27. The van der Waals surface area contributed by atoms with E-state index in [2.05, 4.69) is 53.6 Å². The maximum Gasteiger partial charge on any atom is 0.222 e. The minimum atomic E-state index is 0.284. The van der Waals surface area contributed by atoms with Crippen molar-refractivity contribution >= 4 is 56.1 Å². The molecule has 0 N–H and O–H groups in total. The van der Waals surface area contributed by atoms with E-state index in [0.717, 1.165) is 49.0 Å². The third-order valence-corrected chi connectivity index (χ3v) is 7.94. The number of piperazine rings is 1. The molecule has 1 saturated heterocycles. The monoisotopic (exact) mass is 443 g/mol. The average molecular weight is 444 g/mol. The summed E-state index contributed by atoms with van der Waals surface area (Å²) in [7, 11) is 0. The number of hydrogen-bond acceptors (Lipinski definition) is 6. The zero-order valence-corrected chi connectivity index (χ0v) is 19.0. The molecule has 152 valence electrons. The molecule has 1 aromatic heterocycles. The first kappa shape index (κ1) is 20.6. The van der Waals surface area contributed by atoms with Crippen molar-refractivity contribution in [2.75, 3.05) is 43.1 Å². The Kier molecular flexibility index (Phi) is 7.00. The van der Waals surface area contributed by atoms with Crippen LogP contribution in [0.25, 0.3) is 10.2 Å². The SMILES string of the molecule is CSc1ccc2nc(N3CCN(C(=O)CCCSc4ccccc4)CC3)sc2c1. The van der Waals surface area contributed by atoms with E-state index in [4.69, 9.17) is 4.98 Å². The minimum Gasteiger partial charge on any atom is -0.345 e. The largest absolute Gasteiger partial charge is 0.345 e. The molecule has 1 fully saturated rings. The summed E-state index contributed by atoms with van der Waals surface area (Å²) in [6.45, 7) is 3.30. The Bertz CT molecular complexity index is 952. The molecule has 0 atom stereocenters. The second-order valence-corrected chi connectivity index (χ2v) is 10.0. The lowest BCUT2D eigenvalue weighted by atomic mass is 10.2. The van der Waals surface area contributed by atoms with Crippen LogP contribution in [0.4, 0.5) is 5.13 Å². The van der Waals surface area contributed by atoms with Crippen LogP contribution in [0.2, 0.25) is 0 Å². The Morgan fingerprint density at radius 2 is 1.86 bits per heavy atom. The van der Waals surface area contributed by atoms with E-state index < -0.39 is 0 Å². The van der Waals surface area contributed by atoms with Crippen LogP contribution in [-0.2, 0) is 4.79 Å². The number of rotatable bonds is 7. The fraction of sp³-hybridized carbons (Fsp3) is 0.364. The second kappa shape index (κ2) is 9.87. The quantitative estimate of drug-likeness (QED) is 0.369. The molecule has 0 radical (unpaired) electrons. The number of anilines is 1. The third kappa shape index (κ3) is 5.27. The van der Waals surface area contributed by atoms with Gasteiger partial charge in [-0.25, -0.2) is 4.98 Å². The van der Waals surface area contributed by atoms with Gasteiger partial charge in [0, 0.05) is 42.4 Å². The van der Waals surface area contributed by atoms with Gasteiger partial charge in [-0.2, -0.15) is 0 Å². The van der Waals surface area contributed by atoms with Crippen molar-refractivity contribution in [2.45, 2.75) is 22.6 Å². The maximum absolute atomic E-state index is 12.5. The molecule has 29 heavy (non-hydrogen) atoms. The van der Waals surface area contributed by atoms with Crippen LogP contribution in [-0.4, -0.2) is 54.0 Å². The number of benzene rings is 2. The molecule has 3 aromatic rings. The highest BCUT2D eigenvalue weighted by Gasteiger charge is 2.22. The predicted molar refractivity (Wildman–Crippen MR) is 127 cm³/mol. The number of thiazole rings is 1. The van der Waals surface area contributed by atoms with E-state index in [1.54, 1.807) is 23.1 Å². The van der Waals surface area contributed by atoms with Crippen molar-refractivity contribution in [3.05, 3.63) is 48.5 Å². The lowest BCUT2D eigenvalue weighted by Gasteiger charge is -2.34. The average Bonchev–Trinajstić information content (AvgIpc) is 3.20. The van der Waals surface area contributed by atoms with Crippen LogP contribution in [0, 0.1) is 0 Å². The molecule has 4 rings (SSSR count). The number of hydrogen-bond donors (Lipinski definition) is 0. The summed E-state index contributed by atoms with van der Waals surface area (Å²) in [4.78, 5) is 24.2. The van der Waals surface area contributed by atoms with Gasteiger partial charge in [0.15, 0.2) is 5.13 Å². The number of thioether (sulfide) groups is 2. The van der Waals surface area contributed by atoms with E-state index in [1.807, 2.05) is 22.7 Å². The molecule has 0 saturated carbocycles. The van der Waals surface area contributed by atoms with Crippen LogP contribution in [0.1, 0.15) is 12.8 Å². The van der Waals surface area contributed by atoms with Crippen molar-refractivity contribution in [3.8, 4) is 0 Å². The van der Waals surface area contributed by atoms with Crippen LogP contribution in [0.3, 0.4) is 0 Å². The molecular weight excluding hydrogens is 418 g/mol. The topological polar surface area (TPSA) is 36.4 Å². The summed E-state index contributed by atoms with van der Waals surface area (Å²) in [6.07, 6.45) is 3.66. The fourth-order valence-corrected chi connectivity index (χ4v) is 5.84.